The van der Waals surface area contributed by atoms with E-state index in [4.69, 9.17) is 4.42 Å². The Bertz CT molecular complexity index is 1070. The van der Waals surface area contributed by atoms with E-state index >= 15 is 0 Å². The van der Waals surface area contributed by atoms with Crippen molar-refractivity contribution >= 4 is 33.9 Å². The number of hydrogen-bond acceptors (Lipinski definition) is 8. The number of aryl methyl sites for hydroxylation is 1. The minimum Gasteiger partial charge on any atom is -0.420 e. The monoisotopic (exact) mass is 399 g/mol. The molecule has 0 aliphatic carbocycles. The van der Waals surface area contributed by atoms with Crippen molar-refractivity contribution in [2.75, 3.05) is 5.32 Å². The second kappa shape index (κ2) is 7.85. The molecule has 0 unspecified atom stereocenters. The summed E-state index contributed by atoms with van der Waals surface area (Å²) in [6, 6.07) is 14.1. The van der Waals surface area contributed by atoms with Gasteiger partial charge in [-0.05, 0) is 37.3 Å². The van der Waals surface area contributed by atoms with Crippen LogP contribution in [0.15, 0.2) is 57.3 Å². The third kappa shape index (κ3) is 4.50. The number of nitrogens with zero attached hydrogens (tertiary/aromatic N) is 4. The van der Waals surface area contributed by atoms with Gasteiger partial charge in [-0.15, -0.1) is 20.4 Å². The van der Waals surface area contributed by atoms with E-state index in [1.165, 1.54) is 35.2 Å². The minimum atomic E-state index is -0.306. The largest absolute Gasteiger partial charge is 0.420 e. The maximum atomic E-state index is 13.2. The average Bonchev–Trinajstić information content (AvgIpc) is 3.29. The Morgan fingerprint density at radius 2 is 1.96 bits per heavy atom. The molecular weight excluding hydrogens is 385 g/mol. The maximum absolute atomic E-state index is 13.2. The average molecular weight is 399 g/mol. The molecule has 2 aromatic carbocycles. The van der Waals surface area contributed by atoms with E-state index in [-0.39, 0.29) is 5.82 Å². The van der Waals surface area contributed by atoms with Gasteiger partial charge in [-0.25, -0.2) is 4.39 Å². The normalized spacial score (nSPS) is 10.9. The molecule has 1 N–H and O–H groups in total. The van der Waals surface area contributed by atoms with Crippen LogP contribution in [0.25, 0.3) is 11.5 Å². The Balaban J connectivity index is 1.38. The fourth-order valence-electron chi connectivity index (χ4n) is 2.34. The van der Waals surface area contributed by atoms with Gasteiger partial charge in [0.2, 0.25) is 16.9 Å². The van der Waals surface area contributed by atoms with Gasteiger partial charge in [-0.1, -0.05) is 46.9 Å². The van der Waals surface area contributed by atoms with Gasteiger partial charge in [0.15, 0.2) is 4.34 Å². The van der Waals surface area contributed by atoms with Crippen molar-refractivity contribution in [1.82, 2.24) is 20.4 Å². The van der Waals surface area contributed by atoms with Gasteiger partial charge in [-0.2, -0.15) is 0 Å². The zero-order chi connectivity index (χ0) is 18.6. The summed E-state index contributed by atoms with van der Waals surface area (Å²) in [5.41, 5.74) is 2.66. The van der Waals surface area contributed by atoms with E-state index in [9.17, 15) is 4.39 Å². The van der Waals surface area contributed by atoms with Gasteiger partial charge in [0, 0.05) is 11.3 Å². The molecule has 0 aliphatic heterocycles. The van der Waals surface area contributed by atoms with E-state index in [1.807, 2.05) is 31.2 Å². The van der Waals surface area contributed by atoms with Crippen LogP contribution < -0.4 is 5.32 Å². The van der Waals surface area contributed by atoms with Crippen LogP contribution in [-0.2, 0) is 5.75 Å². The number of nitrogens with one attached hydrogen (secondary N) is 1. The quantitative estimate of drug-likeness (QED) is 0.454. The highest BCUT2D eigenvalue weighted by atomic mass is 32.2. The van der Waals surface area contributed by atoms with Gasteiger partial charge >= 0.3 is 0 Å². The van der Waals surface area contributed by atoms with Gasteiger partial charge < -0.3 is 9.73 Å². The standard InChI is InChI=1S/C18H14FN5OS2/c1-11-4-2-5-12(8-11)16-22-21-15(25-16)10-26-18-24-23-17(27-18)20-14-7-3-6-13(19)9-14/h2-9H,10H2,1H3,(H,20,23). The smallest absolute Gasteiger partial charge is 0.247 e. The predicted octanol–water partition coefficient (Wildman–Crippen LogP) is 5.07. The lowest BCUT2D eigenvalue weighted by Crippen LogP contribution is -1.89. The lowest BCUT2D eigenvalue weighted by atomic mass is 10.1. The third-order valence-corrected chi connectivity index (χ3v) is 5.49. The highest BCUT2D eigenvalue weighted by molar-refractivity contribution is 8.00. The first-order valence-corrected chi connectivity index (χ1v) is 9.84. The second-order valence-electron chi connectivity index (χ2n) is 5.67. The van der Waals surface area contributed by atoms with Crippen molar-refractivity contribution in [1.29, 1.82) is 0 Å². The molecule has 0 saturated carbocycles. The zero-order valence-corrected chi connectivity index (χ0v) is 15.9. The number of aromatic nitrogens is 4. The first-order chi connectivity index (χ1) is 13.2. The zero-order valence-electron chi connectivity index (χ0n) is 14.2. The molecule has 136 valence electrons. The number of halogens is 1. The number of benzene rings is 2. The van der Waals surface area contributed by atoms with E-state index in [1.54, 1.807) is 12.1 Å². The molecule has 27 heavy (non-hydrogen) atoms. The van der Waals surface area contributed by atoms with Crippen molar-refractivity contribution in [3.63, 3.8) is 0 Å². The van der Waals surface area contributed by atoms with Crippen molar-refractivity contribution in [3.05, 3.63) is 65.8 Å². The molecule has 9 heteroatoms. The molecular formula is C18H14FN5OS2. The highest BCUT2D eigenvalue weighted by Gasteiger charge is 2.11. The van der Waals surface area contributed by atoms with Crippen LogP contribution in [0.1, 0.15) is 11.5 Å². The Labute approximate surface area is 162 Å². The summed E-state index contributed by atoms with van der Waals surface area (Å²) >= 11 is 2.83. The maximum Gasteiger partial charge on any atom is 0.247 e. The molecule has 0 atom stereocenters. The first-order valence-electron chi connectivity index (χ1n) is 8.04. The number of rotatable bonds is 6. The summed E-state index contributed by atoms with van der Waals surface area (Å²) in [4.78, 5) is 0. The summed E-state index contributed by atoms with van der Waals surface area (Å²) in [6.07, 6.45) is 0. The first kappa shape index (κ1) is 17.6. The summed E-state index contributed by atoms with van der Waals surface area (Å²) in [6.45, 7) is 2.02. The Morgan fingerprint density at radius 3 is 2.81 bits per heavy atom. The van der Waals surface area contributed by atoms with E-state index < -0.39 is 0 Å². The van der Waals surface area contributed by atoms with Crippen molar-refractivity contribution in [3.8, 4) is 11.5 Å². The van der Waals surface area contributed by atoms with E-state index in [0.29, 0.717) is 28.4 Å². The molecule has 0 aliphatic rings. The van der Waals surface area contributed by atoms with Crippen LogP contribution in [0.5, 0.6) is 0 Å². The van der Waals surface area contributed by atoms with Crippen molar-refractivity contribution in [2.24, 2.45) is 0 Å². The van der Waals surface area contributed by atoms with Crippen LogP contribution >= 0.6 is 23.1 Å². The summed E-state index contributed by atoms with van der Waals surface area (Å²) in [5, 5.41) is 20.0. The molecule has 4 rings (SSSR count). The summed E-state index contributed by atoms with van der Waals surface area (Å²) < 4.78 is 19.7. The van der Waals surface area contributed by atoms with E-state index in [0.717, 1.165) is 15.5 Å². The summed E-state index contributed by atoms with van der Waals surface area (Å²) in [7, 11) is 0. The SMILES string of the molecule is Cc1cccc(-c2nnc(CSc3nnc(Nc4cccc(F)c4)s3)o2)c1. The fraction of sp³-hybridized carbons (Fsp3) is 0.111. The van der Waals surface area contributed by atoms with Crippen LogP contribution in [0.2, 0.25) is 0 Å². The Hall–Kier alpha value is -2.78. The molecule has 0 fully saturated rings. The van der Waals surface area contributed by atoms with Gasteiger partial charge in [0.1, 0.15) is 5.82 Å². The van der Waals surface area contributed by atoms with E-state index in [2.05, 4.69) is 25.7 Å². The molecule has 0 radical (unpaired) electrons. The van der Waals surface area contributed by atoms with Gasteiger partial charge in [0.25, 0.3) is 0 Å². The molecule has 0 saturated heterocycles. The topological polar surface area (TPSA) is 76.7 Å². The molecule has 6 nitrogen and oxygen atoms in total. The molecule has 0 spiro atoms. The molecule has 4 aromatic rings. The lowest BCUT2D eigenvalue weighted by Gasteiger charge is -2.00. The van der Waals surface area contributed by atoms with Crippen LogP contribution in [-0.4, -0.2) is 20.4 Å². The molecule has 0 bridgehead atoms. The number of anilines is 2. The number of hydrogen-bond donors (Lipinski definition) is 1. The van der Waals surface area contributed by atoms with Crippen molar-refractivity contribution in [2.45, 2.75) is 17.0 Å². The Morgan fingerprint density at radius 1 is 1.07 bits per heavy atom. The fourth-order valence-corrected chi connectivity index (χ4v) is 3.95. The minimum absolute atomic E-state index is 0.306. The lowest BCUT2D eigenvalue weighted by molar-refractivity contribution is 0.528. The molecule has 0 amide bonds. The third-order valence-electron chi connectivity index (χ3n) is 3.53. The van der Waals surface area contributed by atoms with Gasteiger partial charge in [0.05, 0.1) is 5.75 Å². The Kier molecular flexibility index (Phi) is 5.12. The number of thioether (sulfide) groups is 1. The van der Waals surface area contributed by atoms with Crippen molar-refractivity contribution < 1.29 is 8.81 Å². The van der Waals surface area contributed by atoms with Crippen LogP contribution in [0.3, 0.4) is 0 Å². The van der Waals surface area contributed by atoms with Gasteiger partial charge in [-0.3, -0.25) is 0 Å². The molecule has 2 heterocycles. The van der Waals surface area contributed by atoms with Crippen LogP contribution in [0, 0.1) is 12.7 Å². The van der Waals surface area contributed by atoms with Crippen LogP contribution in [0.4, 0.5) is 15.2 Å². The second-order valence-corrected chi connectivity index (χ2v) is 7.87. The predicted molar refractivity (Wildman–Crippen MR) is 104 cm³/mol. The highest BCUT2D eigenvalue weighted by Crippen LogP contribution is 2.30. The molecule has 2 aromatic heterocycles. The summed E-state index contributed by atoms with van der Waals surface area (Å²) in [5.74, 6) is 1.21.